The largest absolute Gasteiger partial charge is 0.454 e. The van der Waals surface area contributed by atoms with E-state index in [1.807, 2.05) is 13.1 Å². The summed E-state index contributed by atoms with van der Waals surface area (Å²) in [6.45, 7) is 10.7. The molecule has 0 atom stereocenters. The Bertz CT molecular complexity index is 948. The molecular weight excluding hydrogens is 302 g/mol. The number of furan rings is 1. The molecule has 1 aromatic carbocycles. The van der Waals surface area contributed by atoms with Crippen molar-refractivity contribution in [2.45, 2.75) is 34.6 Å². The highest BCUT2D eigenvalue weighted by atomic mass is 16.3. The van der Waals surface area contributed by atoms with Gasteiger partial charge >= 0.3 is 0 Å². The first-order valence-corrected chi connectivity index (χ1v) is 7.95. The number of nitrogens with two attached hydrogens (primary N) is 1. The Morgan fingerprint density at radius 1 is 1.00 bits per heavy atom. The third kappa shape index (κ3) is 2.16. The van der Waals surface area contributed by atoms with E-state index >= 15 is 0 Å². The molecule has 0 radical (unpaired) electrons. The Morgan fingerprint density at radius 3 is 2.04 bits per heavy atom. The van der Waals surface area contributed by atoms with Crippen molar-refractivity contribution in [1.82, 2.24) is 9.99 Å². The lowest BCUT2D eigenvalue weighted by molar-refractivity contribution is 0.0946. The summed E-state index contributed by atoms with van der Waals surface area (Å²) in [4.78, 5) is 11.8. The van der Waals surface area contributed by atoms with Crippen molar-refractivity contribution in [3.63, 3.8) is 0 Å². The lowest BCUT2D eigenvalue weighted by atomic mass is 9.88. The Kier molecular flexibility index (Phi) is 3.76. The number of nitrogens with zero attached hydrogens (tertiary/aromatic N) is 1. The Balaban J connectivity index is 2.24. The molecule has 0 bridgehead atoms. The zero-order valence-electron chi connectivity index (χ0n) is 15.0. The number of carbonyl (C=O) groups is 1. The van der Waals surface area contributed by atoms with E-state index in [0.29, 0.717) is 11.3 Å². The Hall–Kier alpha value is -2.53. The van der Waals surface area contributed by atoms with Crippen LogP contribution in [0.15, 0.2) is 16.5 Å². The first-order valence-electron chi connectivity index (χ1n) is 7.95. The summed E-state index contributed by atoms with van der Waals surface area (Å²) in [5.74, 6) is 5.72. The van der Waals surface area contributed by atoms with Gasteiger partial charge in [-0.1, -0.05) is 0 Å². The summed E-state index contributed by atoms with van der Waals surface area (Å²) < 4.78 is 7.87. The average Bonchev–Trinajstić information content (AvgIpc) is 3.10. The highest BCUT2D eigenvalue weighted by Gasteiger charge is 2.20. The molecule has 0 aliphatic heterocycles. The quantitative estimate of drug-likeness (QED) is 0.430. The van der Waals surface area contributed by atoms with Crippen LogP contribution in [-0.4, -0.2) is 10.5 Å². The van der Waals surface area contributed by atoms with Crippen LogP contribution in [0.5, 0.6) is 0 Å². The number of aryl methyl sites for hydroxylation is 1. The third-order valence-electron chi connectivity index (χ3n) is 5.34. The molecule has 5 heteroatoms. The topological polar surface area (TPSA) is 73.2 Å². The minimum absolute atomic E-state index is 0.333. The molecule has 0 aliphatic rings. The van der Waals surface area contributed by atoms with Gasteiger partial charge in [0.25, 0.3) is 5.91 Å². The minimum Gasteiger partial charge on any atom is -0.454 e. The Labute approximate surface area is 141 Å². The highest BCUT2D eigenvalue weighted by Crippen LogP contribution is 2.37. The van der Waals surface area contributed by atoms with Gasteiger partial charge in [0.1, 0.15) is 11.5 Å². The summed E-state index contributed by atoms with van der Waals surface area (Å²) in [5, 5.41) is 0. The number of rotatable bonds is 2. The van der Waals surface area contributed by atoms with Gasteiger partial charge in [0, 0.05) is 24.7 Å². The Morgan fingerprint density at radius 2 is 1.54 bits per heavy atom. The van der Waals surface area contributed by atoms with E-state index in [-0.39, 0.29) is 5.91 Å². The molecule has 0 aliphatic carbocycles. The second kappa shape index (κ2) is 5.53. The fraction of sp³-hybridized carbons (Fsp3) is 0.316. The molecule has 0 unspecified atom stereocenters. The molecule has 0 spiro atoms. The third-order valence-corrected chi connectivity index (χ3v) is 5.34. The zero-order chi connectivity index (χ0) is 17.8. The number of carbonyl (C=O) groups excluding carboxylic acids is 1. The number of hydrogen-bond acceptors (Lipinski definition) is 3. The molecule has 0 saturated heterocycles. The molecule has 126 valence electrons. The van der Waals surface area contributed by atoms with Gasteiger partial charge in [0.15, 0.2) is 5.58 Å². The van der Waals surface area contributed by atoms with Gasteiger partial charge in [0.05, 0.1) is 5.52 Å². The van der Waals surface area contributed by atoms with Gasteiger partial charge in [-0.25, -0.2) is 5.84 Å². The van der Waals surface area contributed by atoms with Crippen LogP contribution in [0, 0.1) is 34.6 Å². The van der Waals surface area contributed by atoms with Crippen molar-refractivity contribution < 1.29 is 9.21 Å². The number of fused-ring (bicyclic) bond motifs is 1. The average molecular weight is 325 g/mol. The van der Waals surface area contributed by atoms with E-state index in [2.05, 4.69) is 40.0 Å². The van der Waals surface area contributed by atoms with Gasteiger partial charge in [-0.15, -0.1) is 0 Å². The molecule has 3 N–H and O–H groups in total. The maximum Gasteiger partial charge on any atom is 0.281 e. The number of aromatic nitrogens is 1. The van der Waals surface area contributed by atoms with Crippen LogP contribution in [0.4, 0.5) is 0 Å². The van der Waals surface area contributed by atoms with E-state index in [1.165, 1.54) is 27.8 Å². The SMILES string of the molecule is Cc1c(C)c(C)c(-c2cc3c(cc(C(=O)NN)n3C)o2)c(C)c1C. The molecule has 3 aromatic rings. The monoisotopic (exact) mass is 325 g/mol. The van der Waals surface area contributed by atoms with E-state index in [9.17, 15) is 4.79 Å². The van der Waals surface area contributed by atoms with Crippen molar-refractivity contribution in [2.24, 2.45) is 12.9 Å². The van der Waals surface area contributed by atoms with E-state index in [0.717, 1.165) is 16.8 Å². The number of nitrogen functional groups attached to an aromatic ring is 1. The summed E-state index contributed by atoms with van der Waals surface area (Å²) >= 11 is 0. The van der Waals surface area contributed by atoms with Crippen LogP contribution >= 0.6 is 0 Å². The molecule has 0 fully saturated rings. The predicted octanol–water partition coefficient (Wildman–Crippen LogP) is 3.58. The minimum atomic E-state index is -0.333. The van der Waals surface area contributed by atoms with Gasteiger partial charge in [-0.2, -0.15) is 0 Å². The zero-order valence-corrected chi connectivity index (χ0v) is 15.0. The molecule has 0 saturated carbocycles. The number of benzene rings is 1. The predicted molar refractivity (Wildman–Crippen MR) is 96.0 cm³/mol. The normalized spacial score (nSPS) is 11.3. The van der Waals surface area contributed by atoms with Crippen LogP contribution in [0.3, 0.4) is 0 Å². The van der Waals surface area contributed by atoms with Crippen molar-refractivity contribution in [3.8, 4) is 11.3 Å². The van der Waals surface area contributed by atoms with Crippen LogP contribution in [0.25, 0.3) is 22.4 Å². The number of hydrogen-bond donors (Lipinski definition) is 2. The van der Waals surface area contributed by atoms with E-state index < -0.39 is 0 Å². The van der Waals surface area contributed by atoms with Crippen molar-refractivity contribution in [2.75, 3.05) is 0 Å². The molecule has 3 rings (SSSR count). The second-order valence-corrected chi connectivity index (χ2v) is 6.42. The van der Waals surface area contributed by atoms with Gasteiger partial charge in [0.2, 0.25) is 0 Å². The summed E-state index contributed by atoms with van der Waals surface area (Å²) in [6, 6.07) is 3.71. The standard InChI is InChI=1S/C19H23N3O2/c1-9-10(2)12(4)18(13(5)11(9)3)17-7-14-16(24-17)8-15(22(14)6)19(23)21-20/h7-8H,20H2,1-6H3,(H,21,23). The first kappa shape index (κ1) is 16.3. The number of nitrogens with one attached hydrogen (secondary N) is 1. The lowest BCUT2D eigenvalue weighted by Gasteiger charge is -2.17. The van der Waals surface area contributed by atoms with Gasteiger partial charge in [-0.05, 0) is 62.4 Å². The summed E-state index contributed by atoms with van der Waals surface area (Å²) in [5.41, 5.74) is 11.7. The smallest absolute Gasteiger partial charge is 0.281 e. The maximum absolute atomic E-state index is 11.8. The fourth-order valence-electron chi connectivity index (χ4n) is 3.40. The van der Waals surface area contributed by atoms with Crippen LogP contribution in [0.1, 0.15) is 38.3 Å². The molecule has 2 heterocycles. The fourth-order valence-corrected chi connectivity index (χ4v) is 3.40. The second-order valence-electron chi connectivity index (χ2n) is 6.42. The number of amides is 1. The van der Waals surface area contributed by atoms with Gasteiger partial charge < -0.3 is 8.98 Å². The first-order chi connectivity index (χ1) is 11.3. The van der Waals surface area contributed by atoms with Crippen LogP contribution in [0.2, 0.25) is 0 Å². The van der Waals surface area contributed by atoms with Crippen molar-refractivity contribution >= 4 is 17.0 Å². The maximum atomic E-state index is 11.8. The van der Waals surface area contributed by atoms with Crippen molar-refractivity contribution in [3.05, 3.63) is 45.6 Å². The molecule has 24 heavy (non-hydrogen) atoms. The van der Waals surface area contributed by atoms with Gasteiger partial charge in [-0.3, -0.25) is 10.2 Å². The lowest BCUT2D eigenvalue weighted by Crippen LogP contribution is -2.31. The number of hydrazine groups is 1. The van der Waals surface area contributed by atoms with Crippen LogP contribution in [-0.2, 0) is 7.05 Å². The van der Waals surface area contributed by atoms with E-state index in [4.69, 9.17) is 10.3 Å². The van der Waals surface area contributed by atoms with Crippen molar-refractivity contribution in [1.29, 1.82) is 0 Å². The molecular formula is C19H23N3O2. The summed E-state index contributed by atoms with van der Waals surface area (Å²) in [7, 11) is 1.83. The molecule has 5 nitrogen and oxygen atoms in total. The highest BCUT2D eigenvalue weighted by molar-refractivity contribution is 5.98. The molecule has 2 aromatic heterocycles. The van der Waals surface area contributed by atoms with Crippen LogP contribution < -0.4 is 11.3 Å². The molecule has 1 amide bonds. The summed E-state index contributed by atoms with van der Waals surface area (Å²) in [6.07, 6.45) is 0. The van der Waals surface area contributed by atoms with E-state index in [1.54, 1.807) is 10.6 Å².